The minimum Gasteiger partial charge on any atom is -0.493 e. The fraction of sp³-hybridized carbons (Fsp3) is 0.143. The maximum atomic E-state index is 10.7. The first-order chi connectivity index (χ1) is 5.11. The van der Waals surface area contributed by atoms with E-state index < -0.39 is 0 Å². The summed E-state index contributed by atoms with van der Waals surface area (Å²) in [4.78, 5) is 14.2. The number of rotatable bonds is 1. The van der Waals surface area contributed by atoms with E-state index in [2.05, 4.69) is 4.98 Å². The molecule has 0 saturated carbocycles. The highest BCUT2D eigenvalue weighted by Crippen LogP contribution is 2.16. The lowest BCUT2D eigenvalue weighted by molar-refractivity contribution is 0.101. The molecular formula is C7H6ClNO2. The Morgan fingerprint density at radius 1 is 1.64 bits per heavy atom. The maximum absolute atomic E-state index is 10.7. The Hall–Kier alpha value is -1.09. The molecule has 0 aromatic carbocycles. The van der Waals surface area contributed by atoms with Crippen molar-refractivity contribution < 1.29 is 9.90 Å². The zero-order valence-electron chi connectivity index (χ0n) is 5.84. The number of pyridine rings is 1. The summed E-state index contributed by atoms with van der Waals surface area (Å²) in [5.74, 6) is -0.545. The molecule has 1 aromatic rings. The van der Waals surface area contributed by atoms with Gasteiger partial charge in [0.1, 0.15) is 5.15 Å². The first-order valence-electron chi connectivity index (χ1n) is 2.97. The molecule has 58 valence electrons. The molecule has 0 unspecified atom stereocenters. The Kier molecular flexibility index (Phi) is 2.10. The quantitative estimate of drug-likeness (QED) is 0.516. The highest BCUT2D eigenvalue weighted by Gasteiger charge is 2.06. The Balaban J connectivity index is 3.20. The van der Waals surface area contributed by atoms with Crippen LogP contribution in [0.1, 0.15) is 17.3 Å². The number of carbonyl (C=O) groups is 1. The van der Waals surface area contributed by atoms with E-state index in [1.165, 1.54) is 19.1 Å². The third-order valence-corrected chi connectivity index (χ3v) is 1.43. The van der Waals surface area contributed by atoms with Crippen molar-refractivity contribution in [3.05, 3.63) is 22.8 Å². The van der Waals surface area contributed by atoms with Gasteiger partial charge in [-0.25, -0.2) is 4.98 Å². The largest absolute Gasteiger partial charge is 0.493 e. The van der Waals surface area contributed by atoms with E-state index in [0.29, 0.717) is 0 Å². The van der Waals surface area contributed by atoms with Gasteiger partial charge in [0.25, 0.3) is 0 Å². The van der Waals surface area contributed by atoms with Crippen LogP contribution in [0.2, 0.25) is 5.15 Å². The monoisotopic (exact) mass is 171 g/mol. The molecule has 1 rings (SSSR count). The second-order valence-electron chi connectivity index (χ2n) is 2.06. The topological polar surface area (TPSA) is 50.2 Å². The van der Waals surface area contributed by atoms with E-state index in [-0.39, 0.29) is 22.4 Å². The van der Waals surface area contributed by atoms with Gasteiger partial charge in [0.05, 0.1) is 5.56 Å². The summed E-state index contributed by atoms with van der Waals surface area (Å²) in [7, 11) is 0. The van der Waals surface area contributed by atoms with Crippen LogP contribution in [0.4, 0.5) is 0 Å². The molecule has 0 aliphatic heterocycles. The van der Waals surface area contributed by atoms with E-state index in [1.807, 2.05) is 0 Å². The van der Waals surface area contributed by atoms with Crippen LogP contribution in [0.15, 0.2) is 12.1 Å². The van der Waals surface area contributed by atoms with Gasteiger partial charge in [-0.3, -0.25) is 4.79 Å². The van der Waals surface area contributed by atoms with Crippen molar-refractivity contribution in [2.45, 2.75) is 6.92 Å². The first-order valence-corrected chi connectivity index (χ1v) is 3.35. The average molecular weight is 172 g/mol. The van der Waals surface area contributed by atoms with E-state index in [4.69, 9.17) is 16.7 Å². The lowest BCUT2D eigenvalue weighted by Gasteiger charge is -1.97. The first kappa shape index (κ1) is 8.01. The van der Waals surface area contributed by atoms with Crippen LogP contribution in [0.3, 0.4) is 0 Å². The van der Waals surface area contributed by atoms with Crippen molar-refractivity contribution >= 4 is 17.4 Å². The minimum atomic E-state index is -0.315. The predicted octanol–water partition coefficient (Wildman–Crippen LogP) is 1.64. The SMILES string of the molecule is CC(=O)c1ccc(Cl)nc1O. The summed E-state index contributed by atoms with van der Waals surface area (Å²) in [6.07, 6.45) is 0. The van der Waals surface area contributed by atoms with Gasteiger partial charge in [0, 0.05) is 0 Å². The number of halogens is 1. The van der Waals surface area contributed by atoms with Crippen LogP contribution in [0.5, 0.6) is 5.88 Å². The fourth-order valence-electron chi connectivity index (χ4n) is 0.700. The van der Waals surface area contributed by atoms with Gasteiger partial charge in [0.15, 0.2) is 5.78 Å². The molecule has 0 aliphatic rings. The van der Waals surface area contributed by atoms with Crippen molar-refractivity contribution in [3.63, 3.8) is 0 Å². The molecule has 0 saturated heterocycles. The molecule has 0 radical (unpaired) electrons. The van der Waals surface area contributed by atoms with Crippen LogP contribution in [-0.2, 0) is 0 Å². The predicted molar refractivity (Wildman–Crippen MR) is 40.9 cm³/mol. The summed E-state index contributed by atoms with van der Waals surface area (Å²) in [6.45, 7) is 1.35. The molecule has 3 nitrogen and oxygen atoms in total. The highest BCUT2D eigenvalue weighted by molar-refractivity contribution is 6.29. The Bertz CT molecular complexity index is 298. The number of hydrogen-bond acceptors (Lipinski definition) is 3. The number of Topliss-reactive ketones (excluding diaryl/α,β-unsaturated/α-hetero) is 1. The number of ketones is 1. The van der Waals surface area contributed by atoms with Crippen LogP contribution >= 0.6 is 11.6 Å². The summed E-state index contributed by atoms with van der Waals surface area (Å²) < 4.78 is 0. The summed E-state index contributed by atoms with van der Waals surface area (Å²) in [5, 5.41) is 9.22. The third-order valence-electron chi connectivity index (χ3n) is 1.22. The van der Waals surface area contributed by atoms with Gasteiger partial charge >= 0.3 is 0 Å². The number of hydrogen-bond donors (Lipinski definition) is 1. The van der Waals surface area contributed by atoms with Crippen LogP contribution in [0, 0.1) is 0 Å². The zero-order valence-corrected chi connectivity index (χ0v) is 6.59. The summed E-state index contributed by atoms with van der Waals surface area (Å²) in [5.41, 5.74) is 0.189. The molecule has 0 aliphatic carbocycles. The van der Waals surface area contributed by atoms with Gasteiger partial charge in [0.2, 0.25) is 5.88 Å². The number of aromatic hydroxyl groups is 1. The number of nitrogens with zero attached hydrogens (tertiary/aromatic N) is 1. The van der Waals surface area contributed by atoms with Crippen LogP contribution in [0.25, 0.3) is 0 Å². The van der Waals surface area contributed by atoms with Gasteiger partial charge in [-0.1, -0.05) is 11.6 Å². The molecule has 1 N–H and O–H groups in total. The lowest BCUT2D eigenvalue weighted by atomic mass is 10.2. The van der Waals surface area contributed by atoms with Crippen molar-refractivity contribution in [2.24, 2.45) is 0 Å². The van der Waals surface area contributed by atoms with Gasteiger partial charge in [-0.2, -0.15) is 0 Å². The Morgan fingerprint density at radius 2 is 2.27 bits per heavy atom. The third kappa shape index (κ3) is 1.68. The zero-order chi connectivity index (χ0) is 8.43. The second-order valence-corrected chi connectivity index (χ2v) is 2.45. The van der Waals surface area contributed by atoms with Crippen LogP contribution in [-0.4, -0.2) is 15.9 Å². The molecule has 0 amide bonds. The normalized spacial score (nSPS) is 9.64. The Labute approximate surface area is 68.6 Å². The lowest BCUT2D eigenvalue weighted by Crippen LogP contribution is -1.93. The van der Waals surface area contributed by atoms with E-state index in [1.54, 1.807) is 0 Å². The fourth-order valence-corrected chi connectivity index (χ4v) is 0.843. The smallest absolute Gasteiger partial charge is 0.223 e. The molecule has 0 atom stereocenters. The molecule has 0 spiro atoms. The average Bonchev–Trinajstić information content (AvgIpc) is 1.85. The molecule has 11 heavy (non-hydrogen) atoms. The van der Waals surface area contributed by atoms with E-state index in [9.17, 15) is 4.79 Å². The van der Waals surface area contributed by atoms with Gasteiger partial charge in [-0.05, 0) is 19.1 Å². The van der Waals surface area contributed by atoms with Crippen molar-refractivity contribution in [3.8, 4) is 5.88 Å². The molecule has 0 fully saturated rings. The summed E-state index contributed by atoms with van der Waals surface area (Å²) in [6, 6.07) is 2.89. The second kappa shape index (κ2) is 2.88. The van der Waals surface area contributed by atoms with Crippen molar-refractivity contribution in [2.75, 3.05) is 0 Å². The van der Waals surface area contributed by atoms with E-state index in [0.717, 1.165) is 0 Å². The molecule has 1 heterocycles. The summed E-state index contributed by atoms with van der Waals surface area (Å²) >= 11 is 5.44. The minimum absolute atomic E-state index is 0.174. The number of aromatic nitrogens is 1. The number of carbonyl (C=O) groups excluding carboxylic acids is 1. The van der Waals surface area contributed by atoms with Crippen molar-refractivity contribution in [1.82, 2.24) is 4.98 Å². The van der Waals surface area contributed by atoms with Gasteiger partial charge < -0.3 is 5.11 Å². The van der Waals surface area contributed by atoms with E-state index >= 15 is 0 Å². The standard InChI is InChI=1S/C7H6ClNO2/c1-4(10)5-2-3-6(8)9-7(5)11/h2-3H,1H3,(H,9,11). The highest BCUT2D eigenvalue weighted by atomic mass is 35.5. The van der Waals surface area contributed by atoms with Gasteiger partial charge in [-0.15, -0.1) is 0 Å². The Morgan fingerprint density at radius 3 is 2.73 bits per heavy atom. The maximum Gasteiger partial charge on any atom is 0.223 e. The van der Waals surface area contributed by atoms with Crippen molar-refractivity contribution in [1.29, 1.82) is 0 Å². The molecule has 1 aromatic heterocycles. The molecule has 4 heteroatoms. The molecule has 0 bridgehead atoms. The van der Waals surface area contributed by atoms with Crippen LogP contribution < -0.4 is 0 Å². The molecular weight excluding hydrogens is 166 g/mol.